The van der Waals surface area contributed by atoms with Crippen LogP contribution in [0, 0.1) is 13.8 Å². The number of rotatable bonds is 7. The molecule has 0 radical (unpaired) electrons. The number of nitrogens with zero attached hydrogens (tertiary/aromatic N) is 3. The van der Waals surface area contributed by atoms with Gasteiger partial charge >= 0.3 is 0 Å². The Morgan fingerprint density at radius 1 is 1.07 bits per heavy atom. The fraction of sp³-hybridized carbons (Fsp3) is 0.435. The largest absolute Gasteiger partial charge is 0.380 e. The highest BCUT2D eigenvalue weighted by Gasteiger charge is 2.18. The Bertz CT molecular complexity index is 828. The molecule has 0 saturated carbocycles. The summed E-state index contributed by atoms with van der Waals surface area (Å²) in [5.74, 6) is 0.447. The third-order valence-electron chi connectivity index (χ3n) is 5.57. The van der Waals surface area contributed by atoms with Crippen molar-refractivity contribution in [3.63, 3.8) is 0 Å². The first kappa shape index (κ1) is 21.1. The van der Waals surface area contributed by atoms with E-state index in [0.29, 0.717) is 19.1 Å². The van der Waals surface area contributed by atoms with Crippen molar-refractivity contribution in [1.29, 1.82) is 0 Å². The molecule has 0 atom stereocenters. The normalized spacial score (nSPS) is 15.6. The molecule has 3 rings (SSSR count). The van der Waals surface area contributed by atoms with Gasteiger partial charge in [-0.2, -0.15) is 0 Å². The van der Waals surface area contributed by atoms with Crippen molar-refractivity contribution in [3.8, 4) is 0 Å². The molecule has 1 aliphatic heterocycles. The molecular formula is C23H33N5O. The van der Waals surface area contributed by atoms with Crippen LogP contribution in [0.5, 0.6) is 0 Å². The minimum absolute atomic E-state index is 0.447. The van der Waals surface area contributed by atoms with Crippen LogP contribution in [0.15, 0.2) is 47.5 Å². The van der Waals surface area contributed by atoms with Gasteiger partial charge < -0.3 is 20.7 Å². The lowest BCUT2D eigenvalue weighted by molar-refractivity contribution is 0.185. The summed E-state index contributed by atoms with van der Waals surface area (Å²) in [5, 5.41) is 3.19. The van der Waals surface area contributed by atoms with Gasteiger partial charge in [0.1, 0.15) is 0 Å². The molecule has 3 N–H and O–H groups in total. The summed E-state index contributed by atoms with van der Waals surface area (Å²) in [7, 11) is 1.69. The Labute approximate surface area is 174 Å². The molecule has 1 fully saturated rings. The van der Waals surface area contributed by atoms with Crippen LogP contribution in [-0.2, 0) is 11.3 Å². The molecule has 0 spiro atoms. The second-order valence-corrected chi connectivity index (χ2v) is 7.53. The molecule has 0 amide bonds. The number of nitrogens with two attached hydrogens (primary N) is 1. The van der Waals surface area contributed by atoms with Gasteiger partial charge in [0.15, 0.2) is 5.96 Å². The zero-order valence-electron chi connectivity index (χ0n) is 17.8. The van der Waals surface area contributed by atoms with Gasteiger partial charge in [-0.1, -0.05) is 30.3 Å². The van der Waals surface area contributed by atoms with Gasteiger partial charge in [-0.15, -0.1) is 0 Å². The summed E-state index contributed by atoms with van der Waals surface area (Å²) in [5.41, 5.74) is 12.2. The van der Waals surface area contributed by atoms with E-state index in [-0.39, 0.29) is 0 Å². The van der Waals surface area contributed by atoms with Crippen molar-refractivity contribution in [1.82, 2.24) is 4.90 Å². The highest BCUT2D eigenvalue weighted by atomic mass is 16.5. The smallest absolute Gasteiger partial charge is 0.193 e. The number of guanidine groups is 1. The fourth-order valence-corrected chi connectivity index (χ4v) is 3.70. The summed E-state index contributed by atoms with van der Waals surface area (Å²) in [6.45, 7) is 10.7. The van der Waals surface area contributed by atoms with Gasteiger partial charge in [0.25, 0.3) is 0 Å². The van der Waals surface area contributed by atoms with Gasteiger partial charge in [0.2, 0.25) is 0 Å². The van der Waals surface area contributed by atoms with Crippen LogP contribution in [0.3, 0.4) is 0 Å². The molecule has 1 aliphatic rings. The van der Waals surface area contributed by atoms with Gasteiger partial charge in [-0.3, -0.25) is 9.89 Å². The van der Waals surface area contributed by atoms with Gasteiger partial charge in [0, 0.05) is 56.8 Å². The molecule has 0 unspecified atom stereocenters. The maximum absolute atomic E-state index is 6.09. The van der Waals surface area contributed by atoms with Crippen molar-refractivity contribution in [2.75, 3.05) is 56.6 Å². The van der Waals surface area contributed by atoms with E-state index in [9.17, 15) is 0 Å². The average Bonchev–Trinajstić information content (AvgIpc) is 2.72. The number of hydrogen-bond acceptors (Lipinski definition) is 4. The first-order valence-corrected chi connectivity index (χ1v) is 10.3. The molecule has 156 valence electrons. The predicted octanol–water partition coefficient (Wildman–Crippen LogP) is 3.00. The standard InChI is InChI=1S/C23H33N5O/c1-18-7-6-10-22(19(18)2)28-15-13-27(14-16-28)12-11-25-23(24)26-21-9-5-4-8-20(21)17-29-3/h4-10H,11-17H2,1-3H3,(H3,24,25,26). The molecule has 0 aromatic heterocycles. The van der Waals surface area contributed by atoms with E-state index in [0.717, 1.165) is 44.0 Å². The van der Waals surface area contributed by atoms with Crippen LogP contribution >= 0.6 is 0 Å². The van der Waals surface area contributed by atoms with Crippen molar-refractivity contribution >= 4 is 17.3 Å². The lowest BCUT2D eigenvalue weighted by atomic mass is 10.1. The summed E-state index contributed by atoms with van der Waals surface area (Å²) in [6.07, 6.45) is 0. The maximum Gasteiger partial charge on any atom is 0.193 e. The zero-order chi connectivity index (χ0) is 20.6. The quantitative estimate of drug-likeness (QED) is 0.557. The van der Waals surface area contributed by atoms with Crippen molar-refractivity contribution < 1.29 is 4.74 Å². The fourth-order valence-electron chi connectivity index (χ4n) is 3.70. The topological polar surface area (TPSA) is 66.1 Å². The van der Waals surface area contributed by atoms with Crippen LogP contribution in [0.2, 0.25) is 0 Å². The minimum atomic E-state index is 0.447. The number of aryl methyl sites for hydroxylation is 1. The van der Waals surface area contributed by atoms with E-state index in [1.165, 1.54) is 16.8 Å². The molecule has 29 heavy (non-hydrogen) atoms. The monoisotopic (exact) mass is 395 g/mol. The summed E-state index contributed by atoms with van der Waals surface area (Å²) in [4.78, 5) is 9.45. The van der Waals surface area contributed by atoms with E-state index < -0.39 is 0 Å². The lowest BCUT2D eigenvalue weighted by Gasteiger charge is -2.36. The van der Waals surface area contributed by atoms with Gasteiger partial charge in [-0.25, -0.2) is 0 Å². The second kappa shape index (κ2) is 10.3. The number of nitrogens with one attached hydrogen (secondary N) is 1. The zero-order valence-corrected chi connectivity index (χ0v) is 17.8. The third kappa shape index (κ3) is 5.71. The van der Waals surface area contributed by atoms with E-state index in [1.54, 1.807) is 7.11 Å². The number of ether oxygens (including phenoxy) is 1. The number of aliphatic imine (C=N–C) groups is 1. The molecule has 6 nitrogen and oxygen atoms in total. The molecular weight excluding hydrogens is 362 g/mol. The summed E-state index contributed by atoms with van der Waals surface area (Å²) < 4.78 is 5.23. The van der Waals surface area contributed by atoms with Crippen LogP contribution in [-0.4, -0.2) is 57.2 Å². The molecule has 2 aromatic carbocycles. The van der Waals surface area contributed by atoms with Crippen LogP contribution in [0.4, 0.5) is 11.4 Å². The first-order chi connectivity index (χ1) is 14.1. The van der Waals surface area contributed by atoms with Crippen LogP contribution in [0.25, 0.3) is 0 Å². The Balaban J connectivity index is 1.46. The van der Waals surface area contributed by atoms with Crippen molar-refractivity contribution in [2.24, 2.45) is 10.7 Å². The number of para-hydroxylation sites is 1. The Morgan fingerprint density at radius 3 is 2.59 bits per heavy atom. The van der Waals surface area contributed by atoms with E-state index in [2.05, 4.69) is 52.2 Å². The minimum Gasteiger partial charge on any atom is -0.380 e. The average molecular weight is 396 g/mol. The summed E-state index contributed by atoms with van der Waals surface area (Å²) >= 11 is 0. The number of anilines is 2. The van der Waals surface area contributed by atoms with E-state index in [4.69, 9.17) is 10.5 Å². The Hall–Kier alpha value is -2.57. The predicted molar refractivity (Wildman–Crippen MR) is 122 cm³/mol. The molecule has 0 aliphatic carbocycles. The van der Waals surface area contributed by atoms with E-state index in [1.807, 2.05) is 24.3 Å². The Morgan fingerprint density at radius 2 is 1.83 bits per heavy atom. The number of piperazine rings is 1. The van der Waals surface area contributed by atoms with Crippen LogP contribution in [0.1, 0.15) is 16.7 Å². The highest BCUT2D eigenvalue weighted by Crippen LogP contribution is 2.23. The number of benzene rings is 2. The number of methoxy groups -OCH3 is 1. The molecule has 1 saturated heterocycles. The third-order valence-corrected chi connectivity index (χ3v) is 5.57. The summed E-state index contributed by atoms with van der Waals surface area (Å²) in [6, 6.07) is 14.5. The van der Waals surface area contributed by atoms with Gasteiger partial charge in [0.05, 0.1) is 13.2 Å². The number of hydrogen-bond donors (Lipinski definition) is 2. The highest BCUT2D eigenvalue weighted by molar-refractivity contribution is 5.92. The van der Waals surface area contributed by atoms with Crippen molar-refractivity contribution in [3.05, 3.63) is 59.2 Å². The molecule has 0 bridgehead atoms. The van der Waals surface area contributed by atoms with Crippen molar-refractivity contribution in [2.45, 2.75) is 20.5 Å². The molecule has 1 heterocycles. The van der Waals surface area contributed by atoms with E-state index >= 15 is 0 Å². The maximum atomic E-state index is 6.09. The second-order valence-electron chi connectivity index (χ2n) is 7.53. The SMILES string of the molecule is COCc1ccccc1NC(N)=NCCN1CCN(c2cccc(C)c2C)CC1. The molecule has 6 heteroatoms. The van der Waals surface area contributed by atoms with Crippen LogP contribution < -0.4 is 16.0 Å². The lowest BCUT2D eigenvalue weighted by Crippen LogP contribution is -2.47. The molecule has 2 aromatic rings. The Kier molecular flexibility index (Phi) is 7.49. The van der Waals surface area contributed by atoms with Gasteiger partial charge in [-0.05, 0) is 37.1 Å². The first-order valence-electron chi connectivity index (χ1n) is 10.3.